The van der Waals surface area contributed by atoms with Crippen molar-refractivity contribution in [3.8, 4) is 51.7 Å². The van der Waals surface area contributed by atoms with Gasteiger partial charge in [-0.25, -0.2) is 4.85 Å². The molecule has 0 amide bonds. The molecule has 1 atom stereocenters. The van der Waals surface area contributed by atoms with Gasteiger partial charge in [0.15, 0.2) is 17.2 Å². The quantitative estimate of drug-likeness (QED) is 0.164. The fourth-order valence-corrected chi connectivity index (χ4v) is 14.2. The molecule has 10 heteroatoms. The van der Waals surface area contributed by atoms with Gasteiger partial charge in [-0.3, -0.25) is 15.0 Å². The third kappa shape index (κ3) is 5.66. The van der Waals surface area contributed by atoms with Crippen molar-refractivity contribution < 1.29 is 4.74 Å². The third-order valence-electron chi connectivity index (χ3n) is 17.4. The molecular weight excluding hydrogens is 1010 g/mol. The van der Waals surface area contributed by atoms with Crippen molar-refractivity contribution in [3.05, 3.63) is 276 Å². The molecule has 82 heavy (non-hydrogen) atoms. The predicted octanol–water partition coefficient (Wildman–Crippen LogP) is 17.2. The predicted molar refractivity (Wildman–Crippen MR) is 326 cm³/mol. The van der Waals surface area contributed by atoms with E-state index >= 15 is 0 Å². The van der Waals surface area contributed by atoms with Crippen molar-refractivity contribution >= 4 is 92.9 Å². The Hall–Kier alpha value is -11.6. The van der Waals surface area contributed by atoms with Gasteiger partial charge in [-0.2, -0.15) is 5.26 Å². The molecule has 7 aromatic heterocycles. The van der Waals surface area contributed by atoms with E-state index in [1.807, 2.05) is 49.1 Å². The SMILES string of the molecule is [C-]#[N+]c1ccc2c(c1)c1ccccc1n2-c1cnc2c(c1)C1(c3cc(-n4c5ccccc5c5cc(C#N)ccc54)cnc3-2)c2cccc(-n3c4ccccc4c4ccccc43)c2Oc2c(-n3c4ccccc4c4ccncc43)cccc21. The van der Waals surface area contributed by atoms with Gasteiger partial charge >= 0.3 is 0 Å². The summed E-state index contributed by atoms with van der Waals surface area (Å²) < 4.78 is 17.1. The van der Waals surface area contributed by atoms with Crippen LogP contribution in [0.15, 0.2) is 237 Å². The highest BCUT2D eigenvalue weighted by atomic mass is 16.5. The summed E-state index contributed by atoms with van der Waals surface area (Å²) in [6.07, 6.45) is 7.76. The maximum atomic E-state index is 10.2. The second kappa shape index (κ2) is 16.2. The number of hydrogen-bond acceptors (Lipinski definition) is 5. The van der Waals surface area contributed by atoms with Crippen LogP contribution >= 0.6 is 0 Å². The molecule has 1 spiro atoms. The van der Waals surface area contributed by atoms with E-state index in [0.717, 1.165) is 144 Å². The van der Waals surface area contributed by atoms with Crippen LogP contribution in [0.5, 0.6) is 11.5 Å². The van der Waals surface area contributed by atoms with Crippen LogP contribution in [-0.4, -0.2) is 33.2 Å². The molecule has 0 saturated heterocycles. The number of ether oxygens (including phenoxy) is 1. The number of pyridine rings is 3. The molecule has 1 aliphatic carbocycles. The fraction of sp³-hybridized carbons (Fsp3) is 0.0139. The summed E-state index contributed by atoms with van der Waals surface area (Å²) >= 11 is 0. The monoisotopic (exact) mass is 1050 g/mol. The van der Waals surface area contributed by atoms with Crippen molar-refractivity contribution in [1.82, 2.24) is 33.2 Å². The summed E-state index contributed by atoms with van der Waals surface area (Å²) in [6.45, 7) is 7.98. The van der Waals surface area contributed by atoms with E-state index in [-0.39, 0.29) is 0 Å². The molecule has 0 fully saturated rings. The molecule has 0 radical (unpaired) electrons. The van der Waals surface area contributed by atoms with Crippen LogP contribution in [0.1, 0.15) is 27.8 Å². The third-order valence-corrected chi connectivity index (χ3v) is 17.4. The van der Waals surface area contributed by atoms with Gasteiger partial charge in [-0.15, -0.1) is 0 Å². The minimum absolute atomic E-state index is 0.580. The summed E-state index contributed by atoms with van der Waals surface area (Å²) in [4.78, 5) is 19.8. The molecule has 18 rings (SSSR count). The first-order valence-electron chi connectivity index (χ1n) is 27.2. The number of para-hydroxylation sites is 7. The minimum atomic E-state index is -1.13. The molecular formula is C72H39N9O. The average molecular weight is 1050 g/mol. The Balaban J connectivity index is 1.02. The molecule has 9 aromatic carbocycles. The second-order valence-electron chi connectivity index (χ2n) is 21.3. The Morgan fingerprint density at radius 3 is 1.35 bits per heavy atom. The Morgan fingerprint density at radius 1 is 0.402 bits per heavy atom. The highest BCUT2D eigenvalue weighted by Gasteiger charge is 2.54. The molecule has 0 saturated carbocycles. The standard InChI is InChI=1S/C72H39N9O/c1-74-43-29-31-64-53(35-43)50-18-6-8-22-59(50)79(64)45-37-57-69(77-40-45)68-56(36-44(39-76-68)78-58-21-7-5-17-49(58)52-34-42(38-73)28-30-63(52)78)72(57)54-19-12-26-65(80-60-23-9-2-14-46(60)47-15-3-10-24-61(47)80)70(54)82-71-55(72)20-13-27-66(71)81-62-25-11-4-16-48(62)51-32-33-75-41-67(51)81/h2-37,39-41H. The second-order valence-corrected chi connectivity index (χ2v) is 21.3. The maximum Gasteiger partial charge on any atom is 0.188 e. The largest absolute Gasteiger partial charge is 0.452 e. The number of aromatic nitrogens is 7. The first-order chi connectivity index (χ1) is 40.6. The number of fused-ring (bicyclic) bond motifs is 21. The Morgan fingerprint density at radius 2 is 0.841 bits per heavy atom. The Kier molecular flexibility index (Phi) is 8.80. The van der Waals surface area contributed by atoms with E-state index in [1.165, 1.54) is 0 Å². The van der Waals surface area contributed by atoms with Crippen molar-refractivity contribution in [2.24, 2.45) is 0 Å². The zero-order valence-corrected chi connectivity index (χ0v) is 43.4. The summed E-state index contributed by atoms with van der Waals surface area (Å²) in [5.41, 5.74) is 16.8. The van der Waals surface area contributed by atoms with Gasteiger partial charge in [0.1, 0.15) is 0 Å². The lowest BCUT2D eigenvalue weighted by molar-refractivity contribution is 0.433. The lowest BCUT2D eigenvalue weighted by atomic mass is 9.66. The van der Waals surface area contributed by atoms with Crippen LogP contribution < -0.4 is 4.74 Å². The first-order valence-corrected chi connectivity index (χ1v) is 27.2. The number of nitriles is 1. The van der Waals surface area contributed by atoms with Gasteiger partial charge in [0.05, 0.1) is 120 Å². The van der Waals surface area contributed by atoms with E-state index in [4.69, 9.17) is 26.3 Å². The number of hydrogen-bond donors (Lipinski definition) is 0. The zero-order chi connectivity index (χ0) is 53.9. The fourth-order valence-electron chi connectivity index (χ4n) is 14.2. The average Bonchev–Trinajstić information content (AvgIpc) is 1.56. The van der Waals surface area contributed by atoms with Gasteiger partial charge in [-0.05, 0) is 96.4 Å². The number of benzene rings is 9. The van der Waals surface area contributed by atoms with Gasteiger partial charge in [-0.1, -0.05) is 121 Å². The summed E-state index contributed by atoms with van der Waals surface area (Å²) in [5.74, 6) is 1.39. The normalized spacial score (nSPS) is 14.2. The summed E-state index contributed by atoms with van der Waals surface area (Å²) in [7, 11) is 0. The first kappa shape index (κ1) is 44.4. The molecule has 0 bridgehead atoms. The van der Waals surface area contributed by atoms with E-state index in [0.29, 0.717) is 22.7 Å². The van der Waals surface area contributed by atoms with Gasteiger partial charge < -0.3 is 23.0 Å². The van der Waals surface area contributed by atoms with Crippen LogP contribution in [0.4, 0.5) is 5.69 Å². The van der Waals surface area contributed by atoms with E-state index in [9.17, 15) is 5.26 Å². The number of nitrogens with zero attached hydrogens (tertiary/aromatic N) is 9. The molecule has 10 nitrogen and oxygen atoms in total. The van der Waals surface area contributed by atoms with Crippen LogP contribution in [0.2, 0.25) is 0 Å². The topological polar surface area (TPSA) is 95.8 Å². The molecule has 8 heterocycles. The highest BCUT2D eigenvalue weighted by molar-refractivity contribution is 6.13. The van der Waals surface area contributed by atoms with Crippen molar-refractivity contribution in [3.63, 3.8) is 0 Å². The van der Waals surface area contributed by atoms with Crippen molar-refractivity contribution in [2.45, 2.75) is 5.41 Å². The minimum Gasteiger partial charge on any atom is -0.452 e. The molecule has 378 valence electrons. The zero-order valence-electron chi connectivity index (χ0n) is 43.4. The Labute approximate surface area is 467 Å². The molecule has 0 N–H and O–H groups in total. The highest BCUT2D eigenvalue weighted by Crippen LogP contribution is 2.64. The van der Waals surface area contributed by atoms with E-state index in [2.05, 4.69) is 217 Å². The molecule has 1 aliphatic heterocycles. The molecule has 1 unspecified atom stereocenters. The van der Waals surface area contributed by atoms with Gasteiger partial charge in [0, 0.05) is 66.2 Å². The van der Waals surface area contributed by atoms with Crippen molar-refractivity contribution in [1.29, 1.82) is 5.26 Å². The van der Waals surface area contributed by atoms with Gasteiger partial charge in [0.25, 0.3) is 0 Å². The van der Waals surface area contributed by atoms with Crippen molar-refractivity contribution in [2.75, 3.05) is 0 Å². The van der Waals surface area contributed by atoms with E-state index < -0.39 is 5.41 Å². The van der Waals surface area contributed by atoms with Crippen LogP contribution in [-0.2, 0) is 5.41 Å². The number of rotatable bonds is 4. The van der Waals surface area contributed by atoms with Crippen LogP contribution in [0, 0.1) is 17.9 Å². The molecule has 16 aromatic rings. The maximum absolute atomic E-state index is 10.2. The lowest BCUT2D eigenvalue weighted by Gasteiger charge is -2.40. The summed E-state index contributed by atoms with van der Waals surface area (Å²) in [5, 5.41) is 18.7. The Bertz CT molecular complexity index is 5170. The summed E-state index contributed by atoms with van der Waals surface area (Å²) in [6, 6.07) is 76.7. The van der Waals surface area contributed by atoms with Crippen LogP contribution in [0.25, 0.3) is 126 Å². The lowest BCUT2D eigenvalue weighted by Crippen LogP contribution is -2.33. The molecule has 2 aliphatic rings. The smallest absolute Gasteiger partial charge is 0.188 e. The van der Waals surface area contributed by atoms with E-state index in [1.54, 1.807) is 0 Å². The van der Waals surface area contributed by atoms with Gasteiger partial charge in [0.2, 0.25) is 0 Å². The van der Waals surface area contributed by atoms with Crippen LogP contribution in [0.3, 0.4) is 0 Å².